The van der Waals surface area contributed by atoms with Crippen LogP contribution in [0.5, 0.6) is 0 Å². The summed E-state index contributed by atoms with van der Waals surface area (Å²) in [6.45, 7) is 0. The van der Waals surface area contributed by atoms with Gasteiger partial charge in [-0.05, 0) is 42.7 Å². The summed E-state index contributed by atoms with van der Waals surface area (Å²) in [5, 5.41) is 0.377. The quantitative estimate of drug-likeness (QED) is 0.745. The molecule has 0 saturated carbocycles. The van der Waals surface area contributed by atoms with Gasteiger partial charge in [0.05, 0.1) is 6.26 Å². The molecule has 0 amide bonds. The number of hydrogen-bond acceptors (Lipinski definition) is 4. The van der Waals surface area contributed by atoms with Crippen molar-refractivity contribution in [2.75, 3.05) is 5.73 Å². The molecule has 5 heteroatoms. The highest BCUT2D eigenvalue weighted by atomic mass is 35.5. The summed E-state index contributed by atoms with van der Waals surface area (Å²) in [4.78, 5) is 8.04. The van der Waals surface area contributed by atoms with Crippen molar-refractivity contribution in [2.45, 2.75) is 12.8 Å². The van der Waals surface area contributed by atoms with Crippen LogP contribution in [0.1, 0.15) is 11.3 Å². The summed E-state index contributed by atoms with van der Waals surface area (Å²) in [6.07, 6.45) is 3.28. The number of nitrogen functional groups attached to an aromatic ring is 1. The molecular weight excluding hydrogens is 286 g/mol. The van der Waals surface area contributed by atoms with E-state index in [0.717, 1.165) is 29.9 Å². The molecule has 0 aliphatic rings. The second kappa shape index (κ2) is 5.97. The maximum atomic E-state index is 5.88. The predicted octanol–water partition coefficient (Wildman–Crippen LogP) is 3.76. The smallest absolute Gasteiger partial charge is 0.221 e. The molecular formula is C16H14ClN3O. The largest absolute Gasteiger partial charge is 0.464 e. The minimum atomic E-state index is 0.210. The molecule has 0 radical (unpaired) electrons. The van der Waals surface area contributed by atoms with Crippen LogP contribution in [-0.4, -0.2) is 9.97 Å². The van der Waals surface area contributed by atoms with E-state index < -0.39 is 0 Å². The average Bonchev–Trinajstić information content (AvgIpc) is 2.99. The molecule has 3 rings (SSSR count). The molecule has 0 bridgehead atoms. The number of aryl methyl sites for hydroxylation is 2. The maximum absolute atomic E-state index is 5.88. The third kappa shape index (κ3) is 3.41. The lowest BCUT2D eigenvalue weighted by atomic mass is 10.0. The number of aromatic nitrogens is 2. The van der Waals surface area contributed by atoms with E-state index in [1.807, 2.05) is 24.3 Å². The summed E-state index contributed by atoms with van der Waals surface area (Å²) < 4.78 is 5.41. The second-order valence-corrected chi connectivity index (χ2v) is 5.11. The highest BCUT2D eigenvalue weighted by Gasteiger charge is 2.04. The first-order valence-electron chi connectivity index (χ1n) is 6.62. The Morgan fingerprint density at radius 1 is 1.05 bits per heavy atom. The van der Waals surface area contributed by atoms with Gasteiger partial charge in [-0.1, -0.05) is 29.8 Å². The number of nitrogens with two attached hydrogens (primary N) is 1. The van der Waals surface area contributed by atoms with E-state index in [4.69, 9.17) is 21.8 Å². The van der Waals surface area contributed by atoms with Gasteiger partial charge in [-0.25, -0.2) is 9.97 Å². The van der Waals surface area contributed by atoms with Crippen molar-refractivity contribution >= 4 is 17.5 Å². The molecule has 1 aromatic carbocycles. The maximum Gasteiger partial charge on any atom is 0.221 e. The van der Waals surface area contributed by atoms with Crippen LogP contribution >= 0.6 is 11.6 Å². The normalized spacial score (nSPS) is 10.7. The fraction of sp³-hybridized carbons (Fsp3) is 0.125. The molecule has 2 heterocycles. The van der Waals surface area contributed by atoms with E-state index >= 15 is 0 Å². The zero-order chi connectivity index (χ0) is 14.7. The lowest BCUT2D eigenvalue weighted by Crippen LogP contribution is -2.01. The molecule has 4 nitrogen and oxygen atoms in total. The summed E-state index contributed by atoms with van der Waals surface area (Å²) in [5.41, 5.74) is 8.71. The second-order valence-electron chi connectivity index (χ2n) is 4.72. The Balaban J connectivity index is 1.75. The number of furan rings is 1. The van der Waals surface area contributed by atoms with Crippen LogP contribution in [0.25, 0.3) is 11.3 Å². The van der Waals surface area contributed by atoms with E-state index in [1.54, 1.807) is 12.3 Å². The van der Waals surface area contributed by atoms with Gasteiger partial charge in [0.15, 0.2) is 0 Å². The Labute approximate surface area is 127 Å². The van der Waals surface area contributed by atoms with Crippen LogP contribution in [0, 0.1) is 0 Å². The first-order valence-corrected chi connectivity index (χ1v) is 7.00. The van der Waals surface area contributed by atoms with Crippen molar-refractivity contribution < 1.29 is 4.42 Å². The van der Waals surface area contributed by atoms with Gasteiger partial charge in [0.1, 0.15) is 10.9 Å². The summed E-state index contributed by atoms with van der Waals surface area (Å²) in [5.74, 6) is 1.08. The van der Waals surface area contributed by atoms with Gasteiger partial charge in [-0.2, -0.15) is 0 Å². The predicted molar refractivity (Wildman–Crippen MR) is 83.0 cm³/mol. The van der Waals surface area contributed by atoms with Crippen LogP contribution in [0.4, 0.5) is 5.95 Å². The number of halogens is 1. The third-order valence-electron chi connectivity index (χ3n) is 3.17. The van der Waals surface area contributed by atoms with Gasteiger partial charge in [-0.3, -0.25) is 0 Å². The van der Waals surface area contributed by atoms with Crippen LogP contribution in [0.2, 0.25) is 5.15 Å². The fourth-order valence-electron chi connectivity index (χ4n) is 2.21. The number of nitrogens with zero attached hydrogens (tertiary/aromatic N) is 2. The third-order valence-corrected chi connectivity index (χ3v) is 3.36. The first kappa shape index (κ1) is 13.6. The van der Waals surface area contributed by atoms with Gasteiger partial charge in [0, 0.05) is 11.3 Å². The Morgan fingerprint density at radius 2 is 1.95 bits per heavy atom. The lowest BCUT2D eigenvalue weighted by molar-refractivity contribution is 0.582. The Hall–Kier alpha value is -2.33. The van der Waals surface area contributed by atoms with E-state index in [0.29, 0.717) is 5.15 Å². The molecule has 0 unspecified atom stereocenters. The number of rotatable bonds is 4. The van der Waals surface area contributed by atoms with E-state index in [-0.39, 0.29) is 5.95 Å². The van der Waals surface area contributed by atoms with E-state index in [2.05, 4.69) is 22.1 Å². The molecule has 0 fully saturated rings. The average molecular weight is 300 g/mol. The highest BCUT2D eigenvalue weighted by Crippen LogP contribution is 2.21. The van der Waals surface area contributed by atoms with Crippen molar-refractivity contribution in [2.24, 2.45) is 0 Å². The fourth-order valence-corrected chi connectivity index (χ4v) is 2.42. The van der Waals surface area contributed by atoms with E-state index in [1.165, 1.54) is 5.56 Å². The minimum absolute atomic E-state index is 0.210. The van der Waals surface area contributed by atoms with Crippen molar-refractivity contribution in [1.82, 2.24) is 9.97 Å². The van der Waals surface area contributed by atoms with Crippen molar-refractivity contribution in [3.05, 3.63) is 65.1 Å². The molecule has 0 saturated heterocycles. The first-order chi connectivity index (χ1) is 10.2. The van der Waals surface area contributed by atoms with Crippen molar-refractivity contribution in [3.63, 3.8) is 0 Å². The molecule has 3 aromatic rings. The molecule has 0 atom stereocenters. The van der Waals surface area contributed by atoms with Crippen molar-refractivity contribution in [3.8, 4) is 11.3 Å². The minimum Gasteiger partial charge on any atom is -0.464 e. The Morgan fingerprint density at radius 3 is 2.71 bits per heavy atom. The van der Waals surface area contributed by atoms with Crippen molar-refractivity contribution in [1.29, 1.82) is 0 Å². The molecule has 21 heavy (non-hydrogen) atoms. The monoisotopic (exact) mass is 299 g/mol. The van der Waals surface area contributed by atoms with Gasteiger partial charge < -0.3 is 10.2 Å². The number of anilines is 1. The van der Waals surface area contributed by atoms with Crippen LogP contribution in [0.15, 0.2) is 53.1 Å². The lowest BCUT2D eigenvalue weighted by Gasteiger charge is -2.05. The van der Waals surface area contributed by atoms with Gasteiger partial charge >= 0.3 is 0 Å². The molecule has 2 aromatic heterocycles. The van der Waals surface area contributed by atoms with Gasteiger partial charge in [0.2, 0.25) is 5.95 Å². The molecule has 0 spiro atoms. The molecule has 106 valence electrons. The van der Waals surface area contributed by atoms with Gasteiger partial charge in [0.25, 0.3) is 0 Å². The number of hydrogen-bond donors (Lipinski definition) is 1. The van der Waals surface area contributed by atoms with E-state index in [9.17, 15) is 0 Å². The Kier molecular flexibility index (Phi) is 3.88. The zero-order valence-corrected chi connectivity index (χ0v) is 12.0. The zero-order valence-electron chi connectivity index (χ0n) is 11.3. The SMILES string of the molecule is Nc1nc(Cl)cc(CCc2cccc(-c3ccco3)c2)n1. The molecule has 2 N–H and O–H groups in total. The number of benzene rings is 1. The molecule has 0 aliphatic carbocycles. The summed E-state index contributed by atoms with van der Waals surface area (Å²) in [7, 11) is 0. The van der Waals surface area contributed by atoms with Crippen LogP contribution < -0.4 is 5.73 Å². The highest BCUT2D eigenvalue weighted by molar-refractivity contribution is 6.29. The van der Waals surface area contributed by atoms with Crippen LogP contribution in [0.3, 0.4) is 0 Å². The Bertz CT molecular complexity index is 721. The topological polar surface area (TPSA) is 64.9 Å². The van der Waals surface area contributed by atoms with Gasteiger partial charge in [-0.15, -0.1) is 0 Å². The molecule has 0 aliphatic heterocycles. The summed E-state index contributed by atoms with van der Waals surface area (Å²) >= 11 is 5.88. The van der Waals surface area contributed by atoms with Crippen LogP contribution in [-0.2, 0) is 12.8 Å². The summed E-state index contributed by atoms with van der Waals surface area (Å²) in [6, 6.07) is 13.8. The standard InChI is InChI=1S/C16H14ClN3O/c17-15-10-13(19-16(18)20-15)7-6-11-3-1-4-12(9-11)14-5-2-8-21-14/h1-5,8-10H,6-7H2,(H2,18,19,20).